The Kier molecular flexibility index (Phi) is 7.01. The lowest BCUT2D eigenvalue weighted by Gasteiger charge is -2.17. The van der Waals surface area contributed by atoms with Gasteiger partial charge in [-0.3, -0.25) is 4.57 Å². The summed E-state index contributed by atoms with van der Waals surface area (Å²) in [4.78, 5) is 7.83. The lowest BCUT2D eigenvalue weighted by molar-refractivity contribution is 0.230. The van der Waals surface area contributed by atoms with Gasteiger partial charge in [0.05, 0.1) is 35.5 Å². The Morgan fingerprint density at radius 3 is 2.30 bits per heavy atom. The minimum absolute atomic E-state index is 0.0404. The minimum atomic E-state index is -3.51. The van der Waals surface area contributed by atoms with E-state index in [4.69, 9.17) is 25.6 Å². The van der Waals surface area contributed by atoms with Gasteiger partial charge in [0.2, 0.25) is 0 Å². The Labute approximate surface area is 197 Å². The van der Waals surface area contributed by atoms with E-state index >= 15 is 0 Å². The van der Waals surface area contributed by atoms with Gasteiger partial charge >= 0.3 is 7.60 Å². The van der Waals surface area contributed by atoms with Crippen LogP contribution in [0.4, 0.5) is 5.69 Å². The van der Waals surface area contributed by atoms with E-state index in [-0.39, 0.29) is 19.1 Å². The molecule has 0 atom stereocenters. The van der Waals surface area contributed by atoms with Crippen molar-refractivity contribution in [2.75, 3.05) is 13.2 Å². The topological polar surface area (TPSA) is 83.9 Å². The van der Waals surface area contributed by atoms with Crippen molar-refractivity contribution in [3.63, 3.8) is 0 Å². The van der Waals surface area contributed by atoms with Crippen molar-refractivity contribution < 1.29 is 18.7 Å². The number of halogens is 1. The number of hydrogen-bond acceptors (Lipinski definition) is 5. The van der Waals surface area contributed by atoms with Crippen LogP contribution in [0, 0.1) is 0 Å². The number of rotatable bonds is 8. The van der Waals surface area contributed by atoms with Crippen LogP contribution in [-0.2, 0) is 13.6 Å². The molecule has 0 saturated carbocycles. The van der Waals surface area contributed by atoms with Crippen LogP contribution in [0.2, 0.25) is 5.02 Å². The zero-order valence-corrected chi connectivity index (χ0v) is 19.9. The SMILES string of the molecule is CCOP(=O)(OCC)c1ccc2[nH]c(O)c(C(=Nc3ccc(Cl)cc3)c3ccccc3)c2c1. The second kappa shape index (κ2) is 9.94. The molecule has 4 rings (SSSR count). The second-order valence-corrected chi connectivity index (χ2v) is 9.68. The highest BCUT2D eigenvalue weighted by Gasteiger charge is 2.28. The van der Waals surface area contributed by atoms with Crippen molar-refractivity contribution >= 4 is 46.8 Å². The fourth-order valence-corrected chi connectivity index (χ4v) is 5.33. The van der Waals surface area contributed by atoms with E-state index in [0.29, 0.717) is 38.2 Å². The Balaban J connectivity index is 1.95. The van der Waals surface area contributed by atoms with Crippen LogP contribution in [0.5, 0.6) is 5.88 Å². The van der Waals surface area contributed by atoms with Gasteiger partial charge in [0, 0.05) is 21.5 Å². The Bertz CT molecular complexity index is 1320. The van der Waals surface area contributed by atoms with E-state index in [1.807, 2.05) is 30.3 Å². The number of aliphatic imine (C=N–C) groups is 1. The van der Waals surface area contributed by atoms with Crippen LogP contribution in [0.25, 0.3) is 10.9 Å². The van der Waals surface area contributed by atoms with Crippen LogP contribution in [0.3, 0.4) is 0 Å². The summed E-state index contributed by atoms with van der Waals surface area (Å²) in [6.45, 7) is 4.02. The molecule has 4 aromatic rings. The molecule has 0 aliphatic heterocycles. The highest BCUT2D eigenvalue weighted by atomic mass is 35.5. The number of aromatic amines is 1. The first-order valence-electron chi connectivity index (χ1n) is 10.6. The average molecular weight is 483 g/mol. The normalized spacial score (nSPS) is 12.4. The zero-order valence-electron chi connectivity index (χ0n) is 18.3. The van der Waals surface area contributed by atoms with Crippen LogP contribution in [-0.4, -0.2) is 29.0 Å². The molecule has 33 heavy (non-hydrogen) atoms. The first kappa shape index (κ1) is 23.3. The summed E-state index contributed by atoms with van der Waals surface area (Å²) in [7, 11) is -3.51. The summed E-state index contributed by atoms with van der Waals surface area (Å²) in [5.74, 6) is -0.0404. The van der Waals surface area contributed by atoms with Gasteiger partial charge in [0.1, 0.15) is 0 Å². The number of aromatic nitrogens is 1. The molecule has 0 radical (unpaired) electrons. The lowest BCUT2D eigenvalue weighted by Crippen LogP contribution is -2.11. The van der Waals surface area contributed by atoms with Crippen LogP contribution in [0.15, 0.2) is 77.8 Å². The van der Waals surface area contributed by atoms with E-state index < -0.39 is 7.60 Å². The van der Waals surface area contributed by atoms with Gasteiger partial charge in [-0.2, -0.15) is 0 Å². The molecule has 8 heteroatoms. The molecule has 6 nitrogen and oxygen atoms in total. The van der Waals surface area contributed by atoms with Crippen molar-refractivity contribution in [3.05, 3.63) is 88.9 Å². The first-order valence-corrected chi connectivity index (χ1v) is 12.5. The largest absolute Gasteiger partial charge is 0.494 e. The zero-order chi connectivity index (χ0) is 23.4. The number of aromatic hydroxyl groups is 1. The summed E-state index contributed by atoms with van der Waals surface area (Å²) in [6, 6.07) is 21.9. The van der Waals surface area contributed by atoms with Gasteiger partial charge in [0.25, 0.3) is 0 Å². The molecule has 3 aromatic carbocycles. The Morgan fingerprint density at radius 2 is 1.67 bits per heavy atom. The third-order valence-corrected chi connectivity index (χ3v) is 7.39. The van der Waals surface area contributed by atoms with Crippen molar-refractivity contribution in [2.24, 2.45) is 4.99 Å². The number of hydrogen-bond donors (Lipinski definition) is 2. The number of H-pyrrole nitrogens is 1. The highest BCUT2D eigenvalue weighted by Crippen LogP contribution is 2.47. The monoisotopic (exact) mass is 482 g/mol. The smallest absolute Gasteiger partial charge is 0.361 e. The van der Waals surface area contributed by atoms with E-state index in [2.05, 4.69) is 4.98 Å². The molecule has 0 unspecified atom stereocenters. The predicted molar refractivity (Wildman–Crippen MR) is 134 cm³/mol. The van der Waals surface area contributed by atoms with Gasteiger partial charge in [-0.25, -0.2) is 4.99 Å². The van der Waals surface area contributed by atoms with Crippen molar-refractivity contribution in [2.45, 2.75) is 13.8 Å². The maximum absolute atomic E-state index is 13.4. The standard InChI is InChI=1S/C25H24ClN2O4P/c1-3-31-33(30,32-4-2)20-14-15-22-21(16-20)23(25(29)28-22)24(17-8-6-5-7-9-17)27-19-12-10-18(26)11-13-19/h5-16,28-29H,3-4H2,1-2H3. The highest BCUT2D eigenvalue weighted by molar-refractivity contribution is 7.62. The quantitative estimate of drug-likeness (QED) is 0.219. The summed E-state index contributed by atoms with van der Waals surface area (Å²) in [6.07, 6.45) is 0. The molecule has 0 aliphatic rings. The molecule has 0 saturated heterocycles. The Hall–Kier alpha value is -2.89. The molecule has 1 aromatic heterocycles. The van der Waals surface area contributed by atoms with Crippen LogP contribution in [0.1, 0.15) is 25.0 Å². The molecule has 2 N–H and O–H groups in total. The van der Waals surface area contributed by atoms with Gasteiger partial charge < -0.3 is 19.1 Å². The van der Waals surface area contributed by atoms with E-state index in [9.17, 15) is 9.67 Å². The number of nitrogens with zero attached hydrogens (tertiary/aromatic N) is 1. The van der Waals surface area contributed by atoms with E-state index in [1.165, 1.54) is 0 Å². The Morgan fingerprint density at radius 1 is 1.00 bits per heavy atom. The van der Waals surface area contributed by atoms with E-state index in [0.717, 1.165) is 5.56 Å². The molecular formula is C25H24ClN2O4P. The minimum Gasteiger partial charge on any atom is -0.494 e. The number of nitrogens with one attached hydrogen (secondary N) is 1. The van der Waals surface area contributed by atoms with Crippen molar-refractivity contribution in [1.82, 2.24) is 4.98 Å². The molecule has 0 bridgehead atoms. The van der Waals surface area contributed by atoms with Gasteiger partial charge in [-0.1, -0.05) is 41.9 Å². The molecular weight excluding hydrogens is 459 g/mol. The van der Waals surface area contributed by atoms with Gasteiger partial charge in [-0.15, -0.1) is 0 Å². The van der Waals surface area contributed by atoms with Gasteiger partial charge in [-0.05, 0) is 56.3 Å². The lowest BCUT2D eigenvalue weighted by atomic mass is 10.0. The van der Waals surface area contributed by atoms with E-state index in [1.54, 1.807) is 56.3 Å². The summed E-state index contributed by atoms with van der Waals surface area (Å²) < 4.78 is 24.4. The van der Waals surface area contributed by atoms with Crippen molar-refractivity contribution in [1.29, 1.82) is 0 Å². The third kappa shape index (κ3) is 4.90. The molecule has 0 aliphatic carbocycles. The maximum Gasteiger partial charge on any atom is 0.361 e. The molecule has 1 heterocycles. The second-order valence-electron chi connectivity index (χ2n) is 7.21. The van der Waals surface area contributed by atoms with Gasteiger partial charge in [0.15, 0.2) is 5.88 Å². The summed E-state index contributed by atoms with van der Waals surface area (Å²) >= 11 is 6.04. The first-order chi connectivity index (χ1) is 15.9. The fraction of sp³-hybridized carbons (Fsp3) is 0.160. The summed E-state index contributed by atoms with van der Waals surface area (Å²) in [5.41, 5.74) is 3.21. The third-order valence-electron chi connectivity index (χ3n) is 5.03. The number of fused-ring (bicyclic) bond motifs is 1. The van der Waals surface area contributed by atoms with Crippen molar-refractivity contribution in [3.8, 4) is 5.88 Å². The molecule has 170 valence electrons. The number of benzene rings is 3. The summed E-state index contributed by atoms with van der Waals surface area (Å²) in [5, 5.41) is 12.6. The molecule has 0 fully saturated rings. The van der Waals surface area contributed by atoms with Crippen LogP contribution >= 0.6 is 19.2 Å². The van der Waals surface area contributed by atoms with Crippen LogP contribution < -0.4 is 5.30 Å². The maximum atomic E-state index is 13.4. The molecule has 0 spiro atoms. The predicted octanol–water partition coefficient (Wildman–Crippen LogP) is 6.59. The fourth-order valence-electron chi connectivity index (χ4n) is 3.61. The molecule has 0 amide bonds. The average Bonchev–Trinajstić information content (AvgIpc) is 3.14.